The molecule has 0 aromatic heterocycles. The lowest BCUT2D eigenvalue weighted by atomic mass is 10.0. The third kappa shape index (κ3) is 7.20. The van der Waals surface area contributed by atoms with Gasteiger partial charge in [0.25, 0.3) is 0 Å². The highest BCUT2D eigenvalue weighted by Crippen LogP contribution is 2.29. The third-order valence-corrected chi connectivity index (χ3v) is 2.66. The van der Waals surface area contributed by atoms with Crippen molar-refractivity contribution in [2.24, 2.45) is 5.92 Å². The molecule has 2 atom stereocenters. The average molecular weight is 299 g/mol. The number of unbranched alkanes of at least 4 members (excludes halogenated alkanes) is 1. The van der Waals surface area contributed by atoms with Crippen LogP contribution in [0.3, 0.4) is 0 Å². The molecule has 0 heterocycles. The Kier molecular flexibility index (Phi) is 8.02. The van der Waals surface area contributed by atoms with E-state index >= 15 is 0 Å². The van der Waals surface area contributed by atoms with E-state index in [9.17, 15) is 22.8 Å². The summed E-state index contributed by atoms with van der Waals surface area (Å²) in [5.74, 6) is -2.68. The van der Waals surface area contributed by atoms with E-state index in [4.69, 9.17) is 4.74 Å². The first kappa shape index (κ1) is 18.5. The fourth-order valence-corrected chi connectivity index (χ4v) is 1.34. The van der Waals surface area contributed by atoms with Gasteiger partial charge in [-0.1, -0.05) is 20.3 Å². The summed E-state index contributed by atoms with van der Waals surface area (Å²) in [6, 6.07) is -1.38. The molecule has 1 N–H and O–H groups in total. The summed E-state index contributed by atoms with van der Waals surface area (Å²) in [5, 5.41) is 2.09. The maximum Gasteiger partial charge on any atom is 0.407 e. The zero-order chi connectivity index (χ0) is 15.8. The zero-order valence-corrected chi connectivity index (χ0v) is 11.8. The number of amides is 1. The fraction of sp³-hybridized carbons (Fsp3) is 0.833. The van der Waals surface area contributed by atoms with E-state index in [-0.39, 0.29) is 6.61 Å². The molecular weight excluding hydrogens is 279 g/mol. The number of carbonyl (C=O) groups excluding carboxylic acids is 2. The standard InChI is InChI=1S/C12H20F3NO4/c1-4-5-6-20-11(18)16-9(10(17)19-3)7-8(2)12(13,14)15/h8-9H,4-7H2,1-3H3,(H,16,18)/t8-,9-/m1/s1. The Bertz CT molecular complexity index is 320. The molecule has 0 unspecified atom stereocenters. The molecule has 0 aromatic carbocycles. The third-order valence-electron chi connectivity index (χ3n) is 2.66. The molecule has 118 valence electrons. The van der Waals surface area contributed by atoms with Gasteiger partial charge in [-0.15, -0.1) is 0 Å². The molecule has 0 aromatic rings. The Morgan fingerprint density at radius 3 is 2.35 bits per heavy atom. The molecule has 0 saturated carbocycles. The van der Waals surface area contributed by atoms with Crippen LogP contribution < -0.4 is 5.32 Å². The van der Waals surface area contributed by atoms with Gasteiger partial charge in [0.2, 0.25) is 0 Å². The van der Waals surface area contributed by atoms with Gasteiger partial charge in [-0.25, -0.2) is 9.59 Å². The van der Waals surface area contributed by atoms with Crippen LogP contribution in [0.4, 0.5) is 18.0 Å². The van der Waals surface area contributed by atoms with Crippen LogP contribution in [0.1, 0.15) is 33.1 Å². The Labute approximate surface area is 115 Å². The highest BCUT2D eigenvalue weighted by atomic mass is 19.4. The summed E-state index contributed by atoms with van der Waals surface area (Å²) < 4.78 is 46.5. The van der Waals surface area contributed by atoms with Crippen molar-refractivity contribution in [2.45, 2.75) is 45.3 Å². The topological polar surface area (TPSA) is 64.6 Å². The van der Waals surface area contributed by atoms with Gasteiger partial charge in [0.05, 0.1) is 19.6 Å². The SMILES string of the molecule is CCCCOC(=O)N[C@H](C[C@@H](C)C(F)(F)F)C(=O)OC. The lowest BCUT2D eigenvalue weighted by molar-refractivity contribution is -0.174. The summed E-state index contributed by atoms with van der Waals surface area (Å²) in [6.45, 7) is 2.97. The maximum absolute atomic E-state index is 12.5. The van der Waals surface area contributed by atoms with Gasteiger partial charge in [-0.3, -0.25) is 0 Å². The van der Waals surface area contributed by atoms with Crippen LogP contribution >= 0.6 is 0 Å². The Morgan fingerprint density at radius 1 is 1.30 bits per heavy atom. The molecule has 0 aliphatic heterocycles. The highest BCUT2D eigenvalue weighted by Gasteiger charge is 2.39. The molecule has 0 rings (SSSR count). The first-order valence-corrected chi connectivity index (χ1v) is 6.30. The smallest absolute Gasteiger partial charge is 0.407 e. The van der Waals surface area contributed by atoms with Gasteiger partial charge in [0.15, 0.2) is 0 Å². The van der Waals surface area contributed by atoms with Gasteiger partial charge in [0.1, 0.15) is 6.04 Å². The molecule has 1 amide bonds. The quantitative estimate of drug-likeness (QED) is 0.580. The number of hydrogen-bond donors (Lipinski definition) is 1. The summed E-state index contributed by atoms with van der Waals surface area (Å²) in [6.07, 6.45) is -4.53. The summed E-state index contributed by atoms with van der Waals surface area (Å²) >= 11 is 0. The summed E-state index contributed by atoms with van der Waals surface area (Å²) in [5.41, 5.74) is 0. The normalized spacial score (nSPS) is 14.3. The molecule has 0 aliphatic carbocycles. The van der Waals surface area contributed by atoms with Gasteiger partial charge < -0.3 is 14.8 Å². The second kappa shape index (κ2) is 8.65. The van der Waals surface area contributed by atoms with Crippen molar-refractivity contribution in [2.75, 3.05) is 13.7 Å². The number of carbonyl (C=O) groups is 2. The van der Waals surface area contributed by atoms with E-state index in [0.717, 1.165) is 20.5 Å². The van der Waals surface area contributed by atoms with Crippen molar-refractivity contribution < 1.29 is 32.2 Å². The van der Waals surface area contributed by atoms with Crippen LogP contribution in [0.15, 0.2) is 0 Å². The van der Waals surface area contributed by atoms with E-state index in [2.05, 4.69) is 10.1 Å². The Morgan fingerprint density at radius 2 is 1.90 bits per heavy atom. The van der Waals surface area contributed by atoms with E-state index in [1.807, 2.05) is 6.92 Å². The number of ether oxygens (including phenoxy) is 2. The predicted octanol–water partition coefficient (Wildman–Crippen LogP) is 2.64. The van der Waals surface area contributed by atoms with E-state index in [1.54, 1.807) is 0 Å². The fourth-order valence-electron chi connectivity index (χ4n) is 1.34. The zero-order valence-electron chi connectivity index (χ0n) is 11.8. The number of esters is 1. The van der Waals surface area contributed by atoms with E-state index < -0.39 is 36.6 Å². The van der Waals surface area contributed by atoms with Crippen LogP contribution in [0.5, 0.6) is 0 Å². The van der Waals surface area contributed by atoms with E-state index in [1.165, 1.54) is 0 Å². The van der Waals surface area contributed by atoms with Crippen molar-refractivity contribution in [3.63, 3.8) is 0 Å². The number of rotatable bonds is 7. The van der Waals surface area contributed by atoms with Crippen molar-refractivity contribution in [3.8, 4) is 0 Å². The van der Waals surface area contributed by atoms with Crippen LogP contribution in [0.2, 0.25) is 0 Å². The van der Waals surface area contributed by atoms with Crippen molar-refractivity contribution in [1.82, 2.24) is 5.32 Å². The second-order valence-electron chi connectivity index (χ2n) is 4.39. The van der Waals surface area contributed by atoms with Crippen molar-refractivity contribution in [1.29, 1.82) is 0 Å². The van der Waals surface area contributed by atoms with Crippen molar-refractivity contribution >= 4 is 12.1 Å². The molecule has 0 bridgehead atoms. The molecule has 20 heavy (non-hydrogen) atoms. The Balaban J connectivity index is 4.50. The monoisotopic (exact) mass is 299 g/mol. The number of alkyl halides is 3. The average Bonchev–Trinajstić information content (AvgIpc) is 2.36. The highest BCUT2D eigenvalue weighted by molar-refractivity contribution is 5.81. The summed E-state index contributed by atoms with van der Waals surface area (Å²) in [4.78, 5) is 22.7. The predicted molar refractivity (Wildman–Crippen MR) is 65.0 cm³/mol. The van der Waals surface area contributed by atoms with Crippen LogP contribution in [0, 0.1) is 5.92 Å². The first-order valence-electron chi connectivity index (χ1n) is 6.30. The minimum Gasteiger partial charge on any atom is -0.467 e. The molecule has 0 aliphatic rings. The lowest BCUT2D eigenvalue weighted by Gasteiger charge is -2.21. The molecule has 5 nitrogen and oxygen atoms in total. The maximum atomic E-state index is 12.5. The number of hydrogen-bond acceptors (Lipinski definition) is 4. The largest absolute Gasteiger partial charge is 0.467 e. The second-order valence-corrected chi connectivity index (χ2v) is 4.39. The van der Waals surface area contributed by atoms with Gasteiger partial charge in [-0.2, -0.15) is 13.2 Å². The van der Waals surface area contributed by atoms with Crippen LogP contribution in [-0.4, -0.2) is 38.0 Å². The van der Waals surface area contributed by atoms with E-state index in [0.29, 0.717) is 6.42 Å². The minimum atomic E-state index is -4.44. The molecular formula is C12H20F3NO4. The molecule has 0 radical (unpaired) electrons. The lowest BCUT2D eigenvalue weighted by Crippen LogP contribution is -2.44. The summed E-state index contributed by atoms with van der Waals surface area (Å²) in [7, 11) is 1.04. The molecule has 0 saturated heterocycles. The molecule has 8 heteroatoms. The van der Waals surface area contributed by atoms with Gasteiger partial charge in [-0.05, 0) is 12.8 Å². The van der Waals surface area contributed by atoms with Crippen LogP contribution in [-0.2, 0) is 14.3 Å². The molecule has 0 spiro atoms. The Hall–Kier alpha value is -1.47. The molecule has 0 fully saturated rings. The van der Waals surface area contributed by atoms with Crippen LogP contribution in [0.25, 0.3) is 0 Å². The number of methoxy groups -OCH3 is 1. The number of nitrogens with one attached hydrogen (secondary N) is 1. The van der Waals surface area contributed by atoms with Gasteiger partial charge in [0, 0.05) is 0 Å². The van der Waals surface area contributed by atoms with Crippen molar-refractivity contribution in [3.05, 3.63) is 0 Å². The van der Waals surface area contributed by atoms with Gasteiger partial charge >= 0.3 is 18.2 Å². The number of halogens is 3. The minimum absolute atomic E-state index is 0.144. The first-order chi connectivity index (χ1) is 9.22. The number of alkyl carbamates (subject to hydrolysis) is 1.